The molecule has 0 bridgehead atoms. The van der Waals surface area contributed by atoms with Gasteiger partial charge in [-0.05, 0) is 37.5 Å². The summed E-state index contributed by atoms with van der Waals surface area (Å²) in [5.41, 5.74) is 0.976. The number of carbonyl (C=O) groups excluding carboxylic acids is 1. The van der Waals surface area contributed by atoms with E-state index in [2.05, 4.69) is 10.6 Å². The Balaban J connectivity index is 2.48. The standard InChI is InChI=1S/C17H28N2O3/c1-5-12(3)16(20)11-18-17(21)19-13(4)14-8-7-9-15(10-14)22-6-2/h7-10,12-13,16,20H,5-6,11H2,1-4H3,(H2,18,19,21). The Kier molecular flexibility index (Phi) is 7.74. The van der Waals surface area contributed by atoms with Crippen molar-refractivity contribution in [3.05, 3.63) is 29.8 Å². The number of benzene rings is 1. The number of carbonyl (C=O) groups is 1. The molecule has 0 aliphatic heterocycles. The van der Waals surface area contributed by atoms with Crippen LogP contribution >= 0.6 is 0 Å². The molecule has 1 aromatic rings. The first-order valence-electron chi connectivity index (χ1n) is 7.93. The highest BCUT2D eigenvalue weighted by Gasteiger charge is 2.15. The lowest BCUT2D eigenvalue weighted by Crippen LogP contribution is -2.42. The van der Waals surface area contributed by atoms with Gasteiger partial charge in [0.15, 0.2) is 0 Å². The van der Waals surface area contributed by atoms with Crippen molar-refractivity contribution < 1.29 is 14.6 Å². The lowest BCUT2D eigenvalue weighted by atomic mass is 10.0. The van der Waals surface area contributed by atoms with Crippen LogP contribution in [0.15, 0.2) is 24.3 Å². The first kappa shape index (κ1) is 18.3. The molecule has 124 valence electrons. The summed E-state index contributed by atoms with van der Waals surface area (Å²) in [4.78, 5) is 11.9. The van der Waals surface area contributed by atoms with Crippen molar-refractivity contribution in [2.75, 3.05) is 13.2 Å². The molecule has 0 saturated heterocycles. The molecule has 0 radical (unpaired) electrons. The minimum Gasteiger partial charge on any atom is -0.494 e. The van der Waals surface area contributed by atoms with Gasteiger partial charge in [-0.15, -0.1) is 0 Å². The Hall–Kier alpha value is -1.75. The van der Waals surface area contributed by atoms with E-state index in [0.29, 0.717) is 6.61 Å². The van der Waals surface area contributed by atoms with E-state index < -0.39 is 6.10 Å². The first-order valence-corrected chi connectivity index (χ1v) is 7.93. The first-order chi connectivity index (χ1) is 10.5. The van der Waals surface area contributed by atoms with Gasteiger partial charge in [0.1, 0.15) is 5.75 Å². The van der Waals surface area contributed by atoms with Crippen molar-refractivity contribution in [2.45, 2.75) is 46.3 Å². The van der Waals surface area contributed by atoms with E-state index in [4.69, 9.17) is 4.74 Å². The number of aliphatic hydroxyl groups is 1. The third kappa shape index (κ3) is 5.93. The molecular weight excluding hydrogens is 280 g/mol. The summed E-state index contributed by atoms with van der Waals surface area (Å²) in [5.74, 6) is 0.960. The molecule has 22 heavy (non-hydrogen) atoms. The van der Waals surface area contributed by atoms with E-state index in [9.17, 15) is 9.90 Å². The van der Waals surface area contributed by atoms with Gasteiger partial charge in [-0.3, -0.25) is 0 Å². The summed E-state index contributed by atoms with van der Waals surface area (Å²) in [6.45, 7) is 8.69. The average molecular weight is 308 g/mol. The van der Waals surface area contributed by atoms with Gasteiger partial charge in [0.05, 0.1) is 18.8 Å². The maximum atomic E-state index is 11.9. The van der Waals surface area contributed by atoms with Crippen molar-refractivity contribution in [3.63, 3.8) is 0 Å². The van der Waals surface area contributed by atoms with Gasteiger partial charge in [0.25, 0.3) is 0 Å². The van der Waals surface area contributed by atoms with Crippen LogP contribution in [0.1, 0.15) is 45.7 Å². The van der Waals surface area contributed by atoms with Crippen LogP contribution in [0, 0.1) is 5.92 Å². The summed E-state index contributed by atoms with van der Waals surface area (Å²) >= 11 is 0. The normalized spacial score (nSPS) is 14.8. The maximum absolute atomic E-state index is 11.9. The second-order valence-electron chi connectivity index (χ2n) is 5.53. The SMILES string of the molecule is CCOc1cccc(C(C)NC(=O)NCC(O)C(C)CC)c1. The third-order valence-electron chi connectivity index (χ3n) is 3.79. The van der Waals surface area contributed by atoms with Crippen molar-refractivity contribution in [2.24, 2.45) is 5.92 Å². The molecule has 1 aromatic carbocycles. The molecule has 0 aromatic heterocycles. The fourth-order valence-corrected chi connectivity index (χ4v) is 2.04. The number of urea groups is 1. The molecule has 0 saturated carbocycles. The van der Waals surface area contributed by atoms with Crippen LogP contribution in [0.25, 0.3) is 0 Å². The van der Waals surface area contributed by atoms with Crippen LogP contribution in [0.4, 0.5) is 4.79 Å². The van der Waals surface area contributed by atoms with Crippen LogP contribution < -0.4 is 15.4 Å². The molecule has 0 spiro atoms. The number of nitrogens with one attached hydrogen (secondary N) is 2. The summed E-state index contributed by atoms with van der Waals surface area (Å²) in [5, 5.41) is 15.4. The fourth-order valence-electron chi connectivity index (χ4n) is 2.04. The second-order valence-corrected chi connectivity index (χ2v) is 5.53. The number of hydrogen-bond acceptors (Lipinski definition) is 3. The molecule has 5 heteroatoms. The molecule has 3 unspecified atom stereocenters. The monoisotopic (exact) mass is 308 g/mol. The molecule has 2 amide bonds. The van der Waals surface area contributed by atoms with Crippen molar-refractivity contribution in [1.29, 1.82) is 0 Å². The Morgan fingerprint density at radius 2 is 2.05 bits per heavy atom. The van der Waals surface area contributed by atoms with E-state index >= 15 is 0 Å². The largest absolute Gasteiger partial charge is 0.494 e. The molecule has 0 aliphatic rings. The van der Waals surface area contributed by atoms with Gasteiger partial charge in [-0.2, -0.15) is 0 Å². The number of amides is 2. The average Bonchev–Trinajstić information content (AvgIpc) is 2.52. The smallest absolute Gasteiger partial charge is 0.315 e. The predicted octanol–water partition coefficient (Wildman–Crippen LogP) is 2.85. The summed E-state index contributed by atoms with van der Waals surface area (Å²) in [6.07, 6.45) is 0.359. The van der Waals surface area contributed by atoms with E-state index in [-0.39, 0.29) is 24.5 Å². The number of hydrogen-bond donors (Lipinski definition) is 3. The van der Waals surface area contributed by atoms with E-state index in [1.165, 1.54) is 0 Å². The zero-order valence-electron chi connectivity index (χ0n) is 13.9. The summed E-state index contributed by atoms with van der Waals surface area (Å²) in [7, 11) is 0. The van der Waals surface area contributed by atoms with Crippen molar-refractivity contribution >= 4 is 6.03 Å². The highest BCUT2D eigenvalue weighted by atomic mass is 16.5. The molecule has 1 rings (SSSR count). The molecule has 0 fully saturated rings. The van der Waals surface area contributed by atoms with Crippen LogP contribution in [-0.4, -0.2) is 30.4 Å². The Morgan fingerprint density at radius 3 is 2.68 bits per heavy atom. The fraction of sp³-hybridized carbons (Fsp3) is 0.588. The maximum Gasteiger partial charge on any atom is 0.315 e. The van der Waals surface area contributed by atoms with Crippen molar-refractivity contribution in [1.82, 2.24) is 10.6 Å². The van der Waals surface area contributed by atoms with E-state index in [1.54, 1.807) is 0 Å². The lowest BCUT2D eigenvalue weighted by molar-refractivity contribution is 0.114. The Morgan fingerprint density at radius 1 is 1.32 bits per heavy atom. The minimum atomic E-state index is -0.521. The summed E-state index contributed by atoms with van der Waals surface area (Å²) in [6, 6.07) is 7.24. The van der Waals surface area contributed by atoms with E-state index in [0.717, 1.165) is 17.7 Å². The van der Waals surface area contributed by atoms with Crippen LogP contribution in [-0.2, 0) is 0 Å². The van der Waals surface area contributed by atoms with Gasteiger partial charge in [-0.25, -0.2) is 4.79 Å². The lowest BCUT2D eigenvalue weighted by Gasteiger charge is -2.20. The molecule has 3 N–H and O–H groups in total. The topological polar surface area (TPSA) is 70.6 Å². The highest BCUT2D eigenvalue weighted by molar-refractivity contribution is 5.74. The van der Waals surface area contributed by atoms with Crippen LogP contribution in [0.5, 0.6) is 5.75 Å². The number of aliphatic hydroxyl groups excluding tert-OH is 1. The highest BCUT2D eigenvalue weighted by Crippen LogP contribution is 2.19. The van der Waals surface area contributed by atoms with Crippen LogP contribution in [0.3, 0.4) is 0 Å². The zero-order valence-corrected chi connectivity index (χ0v) is 13.9. The van der Waals surface area contributed by atoms with Gasteiger partial charge in [-0.1, -0.05) is 32.4 Å². The molecule has 3 atom stereocenters. The van der Waals surface area contributed by atoms with Gasteiger partial charge < -0.3 is 20.5 Å². The predicted molar refractivity (Wildman–Crippen MR) is 88.0 cm³/mol. The summed E-state index contributed by atoms with van der Waals surface area (Å²) < 4.78 is 5.46. The molecule has 0 aliphatic carbocycles. The van der Waals surface area contributed by atoms with Crippen LogP contribution in [0.2, 0.25) is 0 Å². The van der Waals surface area contributed by atoms with Gasteiger partial charge >= 0.3 is 6.03 Å². The van der Waals surface area contributed by atoms with Gasteiger partial charge in [0, 0.05) is 6.54 Å². The van der Waals surface area contributed by atoms with Gasteiger partial charge in [0.2, 0.25) is 0 Å². The van der Waals surface area contributed by atoms with E-state index in [1.807, 2.05) is 52.0 Å². The molecule has 0 heterocycles. The van der Waals surface area contributed by atoms with Crippen molar-refractivity contribution in [3.8, 4) is 5.75 Å². The number of rotatable bonds is 8. The minimum absolute atomic E-state index is 0.138. The Bertz CT molecular complexity index is 465. The zero-order chi connectivity index (χ0) is 16.5. The molecule has 5 nitrogen and oxygen atoms in total. The third-order valence-corrected chi connectivity index (χ3v) is 3.79. The quantitative estimate of drug-likeness (QED) is 0.691. The Labute approximate surface area is 133 Å². The molecular formula is C17H28N2O3. The second kappa shape index (κ2) is 9.30. The number of ether oxygens (including phenoxy) is 1.